The third-order valence-electron chi connectivity index (χ3n) is 1.63. The largest absolute Gasteiger partial charge is 0.481 e. The Kier molecular flexibility index (Phi) is 4.57. The molecule has 13 heavy (non-hydrogen) atoms. The molecule has 1 heterocycles. The van der Waals surface area contributed by atoms with Gasteiger partial charge in [-0.3, -0.25) is 0 Å². The molecule has 0 unspecified atom stereocenters. The maximum Gasteiger partial charge on any atom is 0.217 e. The van der Waals surface area contributed by atoms with Gasteiger partial charge in [0.25, 0.3) is 0 Å². The first-order valence-corrected chi connectivity index (χ1v) is 4.66. The molecule has 1 aromatic heterocycles. The van der Waals surface area contributed by atoms with Gasteiger partial charge in [-0.2, -0.15) is 0 Å². The number of methoxy groups -OCH3 is 1. The highest BCUT2D eigenvalue weighted by Gasteiger charge is 2.00. The van der Waals surface area contributed by atoms with Crippen molar-refractivity contribution in [3.63, 3.8) is 0 Å². The summed E-state index contributed by atoms with van der Waals surface area (Å²) in [4.78, 5) is 4.08. The summed E-state index contributed by atoms with van der Waals surface area (Å²) in [6.07, 6.45) is 1.71. The van der Waals surface area contributed by atoms with Crippen LogP contribution in [0.4, 0.5) is 0 Å². The van der Waals surface area contributed by atoms with E-state index in [2.05, 4.69) is 10.3 Å². The molecule has 0 spiro atoms. The minimum atomic E-state index is 0.614. The lowest BCUT2D eigenvalue weighted by Gasteiger charge is -2.06. The lowest BCUT2D eigenvalue weighted by Crippen LogP contribution is -2.16. The smallest absolute Gasteiger partial charge is 0.217 e. The average Bonchev–Trinajstić information content (AvgIpc) is 2.19. The van der Waals surface area contributed by atoms with Crippen molar-refractivity contribution in [2.24, 2.45) is 0 Å². The van der Waals surface area contributed by atoms with Crippen LogP contribution in [-0.4, -0.2) is 24.5 Å². The van der Waals surface area contributed by atoms with Crippen molar-refractivity contribution in [3.8, 4) is 5.88 Å². The first-order valence-electron chi connectivity index (χ1n) is 4.13. The Labute approximate surface area is 83.1 Å². The number of pyridine rings is 1. The van der Waals surface area contributed by atoms with Crippen LogP contribution < -0.4 is 10.1 Å². The fraction of sp³-hybridized carbons (Fsp3) is 0.444. The summed E-state index contributed by atoms with van der Waals surface area (Å²) in [6, 6.07) is 3.87. The lowest BCUT2D eigenvalue weighted by molar-refractivity contribution is 0.391. The van der Waals surface area contributed by atoms with Gasteiger partial charge in [-0.1, -0.05) is 6.07 Å². The molecule has 0 saturated heterocycles. The molecule has 0 aliphatic carbocycles. The fourth-order valence-corrected chi connectivity index (χ4v) is 1.17. The Morgan fingerprint density at radius 3 is 3.15 bits per heavy atom. The van der Waals surface area contributed by atoms with Crippen molar-refractivity contribution in [2.45, 2.75) is 6.54 Å². The van der Waals surface area contributed by atoms with E-state index >= 15 is 0 Å². The first kappa shape index (κ1) is 10.3. The molecule has 4 heteroatoms. The maximum atomic E-state index is 5.53. The van der Waals surface area contributed by atoms with Crippen LogP contribution >= 0.6 is 11.6 Å². The Morgan fingerprint density at radius 1 is 1.62 bits per heavy atom. The van der Waals surface area contributed by atoms with Gasteiger partial charge in [0.15, 0.2) is 0 Å². The molecule has 0 bridgehead atoms. The number of nitrogens with one attached hydrogen (secondary N) is 1. The molecule has 0 aliphatic heterocycles. The highest BCUT2D eigenvalue weighted by atomic mass is 35.5. The minimum absolute atomic E-state index is 0.614. The van der Waals surface area contributed by atoms with Crippen LogP contribution in [0.2, 0.25) is 0 Å². The van der Waals surface area contributed by atoms with Crippen molar-refractivity contribution in [1.29, 1.82) is 0 Å². The Hall–Kier alpha value is -0.800. The zero-order chi connectivity index (χ0) is 9.52. The molecule has 0 amide bonds. The van der Waals surface area contributed by atoms with E-state index in [-0.39, 0.29) is 0 Å². The van der Waals surface area contributed by atoms with Crippen LogP contribution in [0.5, 0.6) is 5.88 Å². The highest BCUT2D eigenvalue weighted by molar-refractivity contribution is 6.18. The maximum absolute atomic E-state index is 5.53. The Morgan fingerprint density at radius 2 is 2.46 bits per heavy atom. The molecule has 0 radical (unpaired) electrons. The monoisotopic (exact) mass is 200 g/mol. The molecule has 1 aromatic rings. The van der Waals surface area contributed by atoms with Crippen LogP contribution in [0.15, 0.2) is 18.3 Å². The Balaban J connectivity index is 2.54. The molecule has 0 aromatic carbocycles. The predicted octanol–water partition coefficient (Wildman–Crippen LogP) is 1.42. The summed E-state index contributed by atoms with van der Waals surface area (Å²) in [6.45, 7) is 1.53. The highest BCUT2D eigenvalue weighted by Crippen LogP contribution is 2.12. The third-order valence-corrected chi connectivity index (χ3v) is 1.82. The van der Waals surface area contributed by atoms with E-state index in [4.69, 9.17) is 16.3 Å². The second-order valence-electron chi connectivity index (χ2n) is 2.54. The molecule has 3 nitrogen and oxygen atoms in total. The van der Waals surface area contributed by atoms with Crippen LogP contribution in [0, 0.1) is 0 Å². The van der Waals surface area contributed by atoms with E-state index in [0.29, 0.717) is 11.8 Å². The van der Waals surface area contributed by atoms with Crippen LogP contribution in [0.3, 0.4) is 0 Å². The SMILES string of the molecule is COc1ncccc1CNCCCl. The summed E-state index contributed by atoms with van der Waals surface area (Å²) in [7, 11) is 1.62. The molecule has 0 fully saturated rings. The van der Waals surface area contributed by atoms with Crippen LogP contribution in [-0.2, 0) is 6.54 Å². The molecule has 72 valence electrons. The van der Waals surface area contributed by atoms with Gasteiger partial charge < -0.3 is 10.1 Å². The van der Waals surface area contributed by atoms with Gasteiger partial charge in [-0.15, -0.1) is 11.6 Å². The van der Waals surface area contributed by atoms with Gasteiger partial charge >= 0.3 is 0 Å². The standard InChI is InChI=1S/C9H13ClN2O/c1-13-9-8(3-2-5-12-9)7-11-6-4-10/h2-3,5,11H,4,6-7H2,1H3. The first-order chi connectivity index (χ1) is 6.38. The number of ether oxygens (including phenoxy) is 1. The second-order valence-corrected chi connectivity index (χ2v) is 2.92. The second kappa shape index (κ2) is 5.78. The van der Waals surface area contributed by atoms with Gasteiger partial charge in [-0.05, 0) is 6.07 Å². The van der Waals surface area contributed by atoms with Gasteiger partial charge in [0, 0.05) is 30.7 Å². The zero-order valence-corrected chi connectivity index (χ0v) is 8.34. The lowest BCUT2D eigenvalue weighted by atomic mass is 10.2. The number of hydrogen-bond acceptors (Lipinski definition) is 3. The molecule has 1 N–H and O–H groups in total. The molecule has 0 atom stereocenters. The molecule has 0 aliphatic rings. The number of rotatable bonds is 5. The summed E-state index contributed by atoms with van der Waals surface area (Å²) in [5, 5.41) is 3.17. The summed E-state index contributed by atoms with van der Waals surface area (Å²) < 4.78 is 5.09. The van der Waals surface area contributed by atoms with E-state index in [1.54, 1.807) is 13.3 Å². The number of hydrogen-bond donors (Lipinski definition) is 1. The van der Waals surface area contributed by atoms with E-state index in [9.17, 15) is 0 Å². The van der Waals surface area contributed by atoms with E-state index in [1.807, 2.05) is 12.1 Å². The summed E-state index contributed by atoms with van der Waals surface area (Å²) in [5.41, 5.74) is 1.05. The van der Waals surface area contributed by atoms with Crippen molar-refractivity contribution < 1.29 is 4.74 Å². The average molecular weight is 201 g/mol. The molecule has 0 saturated carbocycles. The van der Waals surface area contributed by atoms with Gasteiger partial charge in [0.05, 0.1) is 7.11 Å². The number of nitrogens with zero attached hydrogens (tertiary/aromatic N) is 1. The predicted molar refractivity (Wildman–Crippen MR) is 53.2 cm³/mol. The van der Waals surface area contributed by atoms with Gasteiger partial charge in [0.2, 0.25) is 5.88 Å². The Bertz CT molecular complexity index is 255. The van der Waals surface area contributed by atoms with Crippen molar-refractivity contribution in [3.05, 3.63) is 23.9 Å². The fourth-order valence-electron chi connectivity index (χ4n) is 1.03. The van der Waals surface area contributed by atoms with Crippen LogP contribution in [0.25, 0.3) is 0 Å². The van der Waals surface area contributed by atoms with Gasteiger partial charge in [0.1, 0.15) is 0 Å². The summed E-state index contributed by atoms with van der Waals surface area (Å²) >= 11 is 5.53. The van der Waals surface area contributed by atoms with E-state index in [1.165, 1.54) is 0 Å². The third kappa shape index (κ3) is 3.20. The zero-order valence-electron chi connectivity index (χ0n) is 7.59. The van der Waals surface area contributed by atoms with Crippen LogP contribution in [0.1, 0.15) is 5.56 Å². The van der Waals surface area contributed by atoms with Gasteiger partial charge in [-0.25, -0.2) is 4.98 Å². The molecular formula is C9H13ClN2O. The van der Waals surface area contributed by atoms with Crippen molar-refractivity contribution in [1.82, 2.24) is 10.3 Å². The van der Waals surface area contributed by atoms with E-state index < -0.39 is 0 Å². The molecular weight excluding hydrogens is 188 g/mol. The normalized spacial score (nSPS) is 10.0. The number of halogens is 1. The quantitative estimate of drug-likeness (QED) is 0.577. The number of aromatic nitrogens is 1. The minimum Gasteiger partial charge on any atom is -0.481 e. The number of alkyl halides is 1. The topological polar surface area (TPSA) is 34.1 Å². The van der Waals surface area contributed by atoms with Crippen molar-refractivity contribution >= 4 is 11.6 Å². The van der Waals surface area contributed by atoms with E-state index in [0.717, 1.165) is 18.7 Å². The van der Waals surface area contributed by atoms with Crippen molar-refractivity contribution in [2.75, 3.05) is 19.5 Å². The molecule has 1 rings (SSSR count). The summed E-state index contributed by atoms with van der Waals surface area (Å²) in [5.74, 6) is 1.28.